The number of rotatable bonds is 4. The molecule has 6 rings (SSSR count). The first-order chi connectivity index (χ1) is 16.7. The van der Waals surface area contributed by atoms with E-state index in [9.17, 15) is 8.78 Å². The Hall–Kier alpha value is -3.57. The molecule has 4 heterocycles. The van der Waals surface area contributed by atoms with E-state index in [0.29, 0.717) is 6.04 Å². The van der Waals surface area contributed by atoms with Crippen molar-refractivity contribution in [3.8, 4) is 22.4 Å². The lowest BCUT2D eigenvalue weighted by atomic mass is 9.90. The first-order valence-corrected chi connectivity index (χ1v) is 11.7. The number of fused-ring (bicyclic) bond motifs is 1. The number of aromatic nitrogens is 2. The summed E-state index contributed by atoms with van der Waals surface area (Å²) in [6.45, 7) is 1.84. The molecule has 0 aliphatic carbocycles. The molecule has 2 aromatic heterocycles. The lowest BCUT2D eigenvalue weighted by Crippen LogP contribution is -2.32. The van der Waals surface area contributed by atoms with Crippen LogP contribution in [0.4, 0.5) is 8.78 Å². The fourth-order valence-corrected chi connectivity index (χ4v) is 5.54. The van der Waals surface area contributed by atoms with Crippen LogP contribution in [-0.4, -0.2) is 34.0 Å². The van der Waals surface area contributed by atoms with Crippen LogP contribution in [0.15, 0.2) is 85.3 Å². The number of hydrogen-bond acceptors (Lipinski definition) is 2. The third-order valence-corrected chi connectivity index (χ3v) is 7.18. The summed E-state index contributed by atoms with van der Waals surface area (Å²) >= 11 is 0. The summed E-state index contributed by atoms with van der Waals surface area (Å²) < 4.78 is 28.0. The van der Waals surface area contributed by atoms with Gasteiger partial charge in [0.1, 0.15) is 11.6 Å². The Morgan fingerprint density at radius 2 is 1.71 bits per heavy atom. The number of hydrogen-bond donors (Lipinski definition) is 1. The van der Waals surface area contributed by atoms with Gasteiger partial charge in [-0.1, -0.05) is 24.3 Å². The average molecular weight is 454 g/mol. The van der Waals surface area contributed by atoms with Crippen LogP contribution in [-0.2, 0) is 0 Å². The van der Waals surface area contributed by atoms with Crippen LogP contribution >= 0.6 is 0 Å². The zero-order chi connectivity index (χ0) is 23.1. The van der Waals surface area contributed by atoms with Crippen molar-refractivity contribution in [1.82, 2.24) is 14.9 Å². The summed E-state index contributed by atoms with van der Waals surface area (Å²) in [6, 6.07) is 18.1. The zero-order valence-corrected chi connectivity index (χ0v) is 18.7. The number of pyridine rings is 1. The lowest BCUT2D eigenvalue weighted by Gasteiger charge is -2.28. The van der Waals surface area contributed by atoms with Crippen molar-refractivity contribution < 1.29 is 8.78 Å². The lowest BCUT2D eigenvalue weighted by molar-refractivity contribution is 0.285. The van der Waals surface area contributed by atoms with Crippen LogP contribution in [0.2, 0.25) is 0 Å². The van der Waals surface area contributed by atoms with Crippen LogP contribution in [0, 0.1) is 11.6 Å². The van der Waals surface area contributed by atoms with Crippen molar-refractivity contribution in [3.05, 3.63) is 108 Å². The van der Waals surface area contributed by atoms with Gasteiger partial charge in [0.05, 0.1) is 5.69 Å². The Morgan fingerprint density at radius 1 is 0.912 bits per heavy atom. The molecule has 0 bridgehead atoms. The van der Waals surface area contributed by atoms with Gasteiger partial charge in [-0.15, -0.1) is 0 Å². The Balaban J connectivity index is 1.38. The molecule has 2 aromatic carbocycles. The Bertz CT molecular complexity index is 1340. The molecule has 1 N–H and O–H groups in total. The van der Waals surface area contributed by atoms with E-state index in [4.69, 9.17) is 0 Å². The number of halogens is 2. The number of H-pyrrole nitrogens is 1. The smallest absolute Gasteiger partial charge is 0.126 e. The van der Waals surface area contributed by atoms with Crippen LogP contribution in [0.3, 0.4) is 0 Å². The van der Waals surface area contributed by atoms with Crippen LogP contribution < -0.4 is 0 Å². The van der Waals surface area contributed by atoms with Crippen molar-refractivity contribution in [3.63, 3.8) is 0 Å². The monoisotopic (exact) mass is 453 g/mol. The van der Waals surface area contributed by atoms with Gasteiger partial charge >= 0.3 is 0 Å². The first kappa shape index (κ1) is 21.0. The predicted octanol–water partition coefficient (Wildman–Crippen LogP) is 6.67. The highest BCUT2D eigenvalue weighted by atomic mass is 19.1. The highest BCUT2D eigenvalue weighted by molar-refractivity contribution is 5.91. The van der Waals surface area contributed by atoms with Gasteiger partial charge in [-0.25, -0.2) is 8.78 Å². The van der Waals surface area contributed by atoms with Gasteiger partial charge in [-0.2, -0.15) is 0 Å². The van der Waals surface area contributed by atoms with E-state index in [2.05, 4.69) is 27.1 Å². The first-order valence-electron chi connectivity index (χ1n) is 11.7. The van der Waals surface area contributed by atoms with Gasteiger partial charge in [0.15, 0.2) is 0 Å². The maximum absolute atomic E-state index is 14.4. The SMILES string of the molecule is Fc1ccc(-c2[nH]cc(C3=C[C@@H]4C[C@@H](c5ccccc5F)CN4CC3)c2-c2ccncc2)cc1. The Labute approximate surface area is 197 Å². The molecule has 0 radical (unpaired) electrons. The molecule has 2 atom stereocenters. The summed E-state index contributed by atoms with van der Waals surface area (Å²) in [4.78, 5) is 10.1. The van der Waals surface area contributed by atoms with Crippen molar-refractivity contribution in [2.75, 3.05) is 13.1 Å². The molecule has 1 fully saturated rings. The zero-order valence-electron chi connectivity index (χ0n) is 18.7. The van der Waals surface area contributed by atoms with Crippen molar-refractivity contribution in [2.45, 2.75) is 24.8 Å². The van der Waals surface area contributed by atoms with Gasteiger partial charge in [0.25, 0.3) is 0 Å². The van der Waals surface area contributed by atoms with Gasteiger partial charge in [-0.3, -0.25) is 9.88 Å². The minimum atomic E-state index is -0.248. The molecule has 0 unspecified atom stereocenters. The minimum absolute atomic E-state index is 0.105. The van der Waals surface area contributed by atoms with E-state index in [-0.39, 0.29) is 17.6 Å². The molecule has 2 aliphatic rings. The third kappa shape index (κ3) is 3.76. The second kappa shape index (κ2) is 8.65. The topological polar surface area (TPSA) is 31.9 Å². The summed E-state index contributed by atoms with van der Waals surface area (Å²) in [6.07, 6.45) is 9.89. The summed E-state index contributed by atoms with van der Waals surface area (Å²) in [5.41, 5.74) is 7.39. The predicted molar refractivity (Wildman–Crippen MR) is 131 cm³/mol. The molecule has 4 aromatic rings. The number of aromatic amines is 1. The van der Waals surface area contributed by atoms with E-state index in [1.807, 2.05) is 36.4 Å². The number of nitrogens with zero attached hydrogens (tertiary/aromatic N) is 2. The van der Waals surface area contributed by atoms with Crippen LogP contribution in [0.1, 0.15) is 29.9 Å². The van der Waals surface area contributed by atoms with Crippen molar-refractivity contribution in [1.29, 1.82) is 0 Å². The molecular weight excluding hydrogens is 428 g/mol. The van der Waals surface area contributed by atoms with Crippen molar-refractivity contribution >= 4 is 5.57 Å². The van der Waals surface area contributed by atoms with Gasteiger partial charge in [0.2, 0.25) is 0 Å². The molecular formula is C29H25F2N3. The second-order valence-electron chi connectivity index (χ2n) is 9.15. The molecule has 5 heteroatoms. The molecule has 3 nitrogen and oxygen atoms in total. The quantitative estimate of drug-likeness (QED) is 0.374. The Morgan fingerprint density at radius 3 is 2.50 bits per heavy atom. The second-order valence-corrected chi connectivity index (χ2v) is 9.15. The standard InChI is InChI=1S/C29H25F2N3/c30-23-7-5-20(6-8-23)29-28(19-9-12-32-13-10-19)26(17-33-29)21-11-14-34-18-22(16-24(34)15-21)25-3-1-2-4-27(25)31/h1-10,12-13,15,17,22,24,33H,11,14,16,18H2/t22-,24-/m1/s1. The van der Waals surface area contributed by atoms with Gasteiger partial charge in [0, 0.05) is 54.8 Å². The molecule has 34 heavy (non-hydrogen) atoms. The minimum Gasteiger partial charge on any atom is -0.360 e. The van der Waals surface area contributed by atoms with Crippen LogP contribution in [0.25, 0.3) is 28.0 Å². The van der Waals surface area contributed by atoms with E-state index in [1.165, 1.54) is 23.3 Å². The number of benzene rings is 2. The van der Waals surface area contributed by atoms with Gasteiger partial charge in [-0.05, 0) is 77.6 Å². The molecule has 1 saturated heterocycles. The van der Waals surface area contributed by atoms with E-state index < -0.39 is 0 Å². The molecule has 0 spiro atoms. The maximum atomic E-state index is 14.4. The normalized spacial score (nSPS) is 20.2. The molecule has 2 aliphatic heterocycles. The highest BCUT2D eigenvalue weighted by Gasteiger charge is 2.35. The van der Waals surface area contributed by atoms with Gasteiger partial charge < -0.3 is 4.98 Å². The Kier molecular flexibility index (Phi) is 5.34. The largest absolute Gasteiger partial charge is 0.360 e. The maximum Gasteiger partial charge on any atom is 0.126 e. The molecule has 0 amide bonds. The fraction of sp³-hybridized carbons (Fsp3) is 0.207. The average Bonchev–Trinajstić information content (AvgIpc) is 3.49. The molecule has 0 saturated carbocycles. The summed E-state index contributed by atoms with van der Waals surface area (Å²) in [7, 11) is 0. The fourth-order valence-electron chi connectivity index (χ4n) is 5.54. The highest BCUT2D eigenvalue weighted by Crippen LogP contribution is 2.43. The van der Waals surface area contributed by atoms with E-state index >= 15 is 0 Å². The summed E-state index contributed by atoms with van der Waals surface area (Å²) in [5.74, 6) is -0.143. The molecule has 170 valence electrons. The van der Waals surface area contributed by atoms with Crippen LogP contribution in [0.5, 0.6) is 0 Å². The number of nitrogens with one attached hydrogen (secondary N) is 1. The van der Waals surface area contributed by atoms with E-state index in [1.54, 1.807) is 24.5 Å². The summed E-state index contributed by atoms with van der Waals surface area (Å²) in [5, 5.41) is 0. The van der Waals surface area contributed by atoms with Crippen molar-refractivity contribution in [2.24, 2.45) is 0 Å². The third-order valence-electron chi connectivity index (χ3n) is 7.18. The van der Waals surface area contributed by atoms with E-state index in [0.717, 1.165) is 53.9 Å².